The van der Waals surface area contributed by atoms with Crippen LogP contribution in [0, 0.1) is 7.14 Å². The molecule has 0 aromatic heterocycles. The normalized spacial score (nSPS) is 11.5. The van der Waals surface area contributed by atoms with Crippen LogP contribution in [0.15, 0.2) is 24.3 Å². The van der Waals surface area contributed by atoms with Crippen LogP contribution in [0.1, 0.15) is 37.7 Å². The maximum Gasteiger partial charge on any atom is 0.0799 e. The summed E-state index contributed by atoms with van der Waals surface area (Å²) < 4.78 is 1.84. The van der Waals surface area contributed by atoms with Gasteiger partial charge >= 0.3 is 0 Å². The SMILES string of the molecule is C.C[C@H](N)c1ccc(I)c(Cl)c1Cl.NC(N)c1ccc(I)c(Cl)c1Cl. The summed E-state index contributed by atoms with van der Waals surface area (Å²) >= 11 is 27.9. The van der Waals surface area contributed by atoms with E-state index in [4.69, 9.17) is 63.6 Å². The van der Waals surface area contributed by atoms with Crippen molar-refractivity contribution in [1.82, 2.24) is 0 Å². The van der Waals surface area contributed by atoms with Crippen LogP contribution in [0.25, 0.3) is 0 Å². The maximum atomic E-state index is 5.98. The Morgan fingerprint density at radius 2 is 1.08 bits per heavy atom. The Hall–Kier alpha value is 0.940. The Balaban J connectivity index is 0.000000443. The molecule has 0 radical (unpaired) electrons. The van der Waals surface area contributed by atoms with Gasteiger partial charge in [-0.2, -0.15) is 0 Å². The number of benzene rings is 2. The molecule has 0 unspecified atom stereocenters. The number of hydrogen-bond acceptors (Lipinski definition) is 3. The molecule has 2 rings (SSSR count). The summed E-state index contributed by atoms with van der Waals surface area (Å²) in [5.74, 6) is 0. The third kappa shape index (κ3) is 7.12. The maximum absolute atomic E-state index is 5.98. The molecule has 0 saturated carbocycles. The molecule has 25 heavy (non-hydrogen) atoms. The molecule has 140 valence electrons. The second kappa shape index (κ2) is 11.7. The van der Waals surface area contributed by atoms with Crippen molar-refractivity contribution >= 4 is 91.6 Å². The molecule has 0 amide bonds. The van der Waals surface area contributed by atoms with Gasteiger partial charge in [0.2, 0.25) is 0 Å². The van der Waals surface area contributed by atoms with Gasteiger partial charge in [-0.15, -0.1) is 0 Å². The number of nitrogens with two attached hydrogens (primary N) is 3. The monoisotopic (exact) mass is 647 g/mol. The molecule has 2 aromatic carbocycles. The van der Waals surface area contributed by atoms with Gasteiger partial charge in [-0.3, -0.25) is 0 Å². The highest BCUT2D eigenvalue weighted by atomic mass is 127. The lowest BCUT2D eigenvalue weighted by Gasteiger charge is -2.09. The number of hydrogen-bond donors (Lipinski definition) is 3. The van der Waals surface area contributed by atoms with E-state index in [9.17, 15) is 0 Å². The first-order valence-electron chi connectivity index (χ1n) is 6.61. The van der Waals surface area contributed by atoms with Gasteiger partial charge in [0.1, 0.15) is 0 Å². The molecular weight excluding hydrogens is 630 g/mol. The first kappa shape index (κ1) is 25.9. The first-order valence-corrected chi connectivity index (χ1v) is 10.3. The summed E-state index contributed by atoms with van der Waals surface area (Å²) in [7, 11) is 0. The minimum absolute atomic E-state index is 0. The van der Waals surface area contributed by atoms with Crippen LogP contribution in [0.3, 0.4) is 0 Å². The number of halogens is 6. The average Bonchev–Trinajstić information content (AvgIpc) is 2.50. The van der Waals surface area contributed by atoms with E-state index in [0.29, 0.717) is 25.7 Å². The average molecular weight is 649 g/mol. The predicted molar refractivity (Wildman–Crippen MR) is 129 cm³/mol. The van der Waals surface area contributed by atoms with Crippen LogP contribution in [0.4, 0.5) is 0 Å². The van der Waals surface area contributed by atoms with Crippen molar-refractivity contribution in [3.63, 3.8) is 0 Å². The Bertz CT molecular complexity index is 664. The molecule has 0 spiro atoms. The fourth-order valence-corrected chi connectivity index (χ4v) is 3.88. The minimum Gasteiger partial charge on any atom is -0.324 e. The van der Waals surface area contributed by atoms with Gasteiger partial charge < -0.3 is 17.2 Å². The lowest BCUT2D eigenvalue weighted by molar-refractivity contribution is 0.774. The van der Waals surface area contributed by atoms with E-state index < -0.39 is 6.17 Å². The zero-order chi connectivity index (χ0) is 18.6. The number of rotatable bonds is 2. The molecule has 2 aromatic rings. The van der Waals surface area contributed by atoms with Gasteiger partial charge in [0.15, 0.2) is 0 Å². The largest absolute Gasteiger partial charge is 0.324 e. The molecule has 0 aliphatic carbocycles. The van der Waals surface area contributed by atoms with E-state index in [1.165, 1.54) is 0 Å². The van der Waals surface area contributed by atoms with E-state index in [2.05, 4.69) is 45.2 Å². The van der Waals surface area contributed by atoms with E-state index in [1.807, 2.05) is 25.1 Å². The molecule has 1 atom stereocenters. The van der Waals surface area contributed by atoms with Crippen molar-refractivity contribution in [1.29, 1.82) is 0 Å². The zero-order valence-electron chi connectivity index (χ0n) is 12.5. The van der Waals surface area contributed by atoms with Crippen molar-refractivity contribution in [3.05, 3.63) is 62.6 Å². The van der Waals surface area contributed by atoms with Gasteiger partial charge in [-0.25, -0.2) is 0 Å². The summed E-state index contributed by atoms with van der Waals surface area (Å²) in [6.45, 7) is 1.88. The standard InChI is InChI=1S/C8H8Cl2IN.C7H7Cl2IN2.CH4/c1-4(12)5-2-3-6(11)8(10)7(5)9;8-5-3(7(11)12)1-2-4(10)6(5)9;/h2-4H,12H2,1H3;1-2,7H,11-12H2;1H4/t4-;;/m0../s1. The van der Waals surface area contributed by atoms with E-state index in [1.54, 1.807) is 6.07 Å². The molecule has 0 aliphatic heterocycles. The van der Waals surface area contributed by atoms with Gasteiger partial charge in [-0.05, 0) is 69.8 Å². The fourth-order valence-electron chi connectivity index (χ4n) is 1.69. The Labute approximate surface area is 196 Å². The zero-order valence-corrected chi connectivity index (χ0v) is 19.8. The lowest BCUT2D eigenvalue weighted by Crippen LogP contribution is -2.20. The van der Waals surface area contributed by atoms with Gasteiger partial charge in [0.05, 0.1) is 26.3 Å². The van der Waals surface area contributed by atoms with Crippen LogP contribution in [0.5, 0.6) is 0 Å². The molecule has 3 nitrogen and oxygen atoms in total. The molecular formula is C16H19Cl4I2N3. The summed E-state index contributed by atoms with van der Waals surface area (Å²) in [5, 5.41) is 2.11. The molecule has 0 heterocycles. The van der Waals surface area contributed by atoms with Gasteiger partial charge in [-0.1, -0.05) is 66.0 Å². The highest BCUT2D eigenvalue weighted by molar-refractivity contribution is 14.1. The smallest absolute Gasteiger partial charge is 0.0799 e. The second-order valence-corrected chi connectivity index (χ2v) is 8.68. The van der Waals surface area contributed by atoms with Crippen LogP contribution in [-0.4, -0.2) is 0 Å². The predicted octanol–water partition coefficient (Wildman–Crippen LogP) is 6.77. The Kier molecular flexibility index (Phi) is 12.1. The van der Waals surface area contributed by atoms with Crippen LogP contribution in [0.2, 0.25) is 20.1 Å². The van der Waals surface area contributed by atoms with Crippen molar-refractivity contribution in [2.45, 2.75) is 26.6 Å². The van der Waals surface area contributed by atoms with Crippen molar-refractivity contribution in [2.75, 3.05) is 0 Å². The van der Waals surface area contributed by atoms with E-state index in [0.717, 1.165) is 12.7 Å². The summed E-state index contributed by atoms with van der Waals surface area (Å²) in [4.78, 5) is 0. The fraction of sp³-hybridized carbons (Fsp3) is 0.250. The summed E-state index contributed by atoms with van der Waals surface area (Å²) in [6.07, 6.45) is -0.577. The van der Waals surface area contributed by atoms with Crippen LogP contribution < -0.4 is 17.2 Å². The van der Waals surface area contributed by atoms with E-state index >= 15 is 0 Å². The van der Waals surface area contributed by atoms with Crippen molar-refractivity contribution in [3.8, 4) is 0 Å². The third-order valence-corrected chi connectivity index (χ3v) is 7.21. The van der Waals surface area contributed by atoms with Gasteiger partial charge in [0, 0.05) is 18.7 Å². The molecule has 9 heteroatoms. The Morgan fingerprint density at radius 3 is 1.44 bits per heavy atom. The third-order valence-electron chi connectivity index (χ3n) is 2.98. The van der Waals surface area contributed by atoms with Crippen LogP contribution >= 0.6 is 91.6 Å². The van der Waals surface area contributed by atoms with Crippen molar-refractivity contribution < 1.29 is 0 Å². The molecule has 0 aliphatic rings. The second-order valence-electron chi connectivity index (χ2n) is 4.84. The minimum atomic E-state index is -0.577. The molecule has 0 fully saturated rings. The molecule has 0 saturated heterocycles. The topological polar surface area (TPSA) is 78.1 Å². The van der Waals surface area contributed by atoms with Gasteiger partial charge in [0.25, 0.3) is 0 Å². The van der Waals surface area contributed by atoms with E-state index in [-0.39, 0.29) is 13.5 Å². The first-order chi connectivity index (χ1) is 11.1. The van der Waals surface area contributed by atoms with Crippen LogP contribution in [-0.2, 0) is 0 Å². The van der Waals surface area contributed by atoms with Crippen molar-refractivity contribution in [2.24, 2.45) is 17.2 Å². The molecule has 0 bridgehead atoms. The Morgan fingerprint density at radius 1 is 0.720 bits per heavy atom. The summed E-state index contributed by atoms with van der Waals surface area (Å²) in [6, 6.07) is 7.35. The molecule has 6 N–H and O–H groups in total. The highest BCUT2D eigenvalue weighted by Gasteiger charge is 2.11. The lowest BCUT2D eigenvalue weighted by atomic mass is 10.1. The highest BCUT2D eigenvalue weighted by Crippen LogP contribution is 2.33. The quantitative estimate of drug-likeness (QED) is 0.191. The summed E-state index contributed by atoms with van der Waals surface area (Å²) in [5.41, 5.74) is 18.2.